The lowest BCUT2D eigenvalue weighted by molar-refractivity contribution is -0.162. The SMILES string of the molecule is Cc1cc(C)c(/C=C2\C(=O)N(COC(=O)CCC(=O)OC(=O)CCC(=O)O)c3ccccc32)[nH]1. The van der Waals surface area contributed by atoms with E-state index in [0.29, 0.717) is 16.8 Å². The van der Waals surface area contributed by atoms with Gasteiger partial charge in [-0.05, 0) is 37.6 Å². The molecule has 2 aromatic rings. The fourth-order valence-electron chi connectivity index (χ4n) is 3.47. The maximum atomic E-state index is 13.1. The van der Waals surface area contributed by atoms with Crippen LogP contribution in [0.4, 0.5) is 5.69 Å². The number of carboxylic acids is 1. The van der Waals surface area contributed by atoms with Gasteiger partial charge in [0, 0.05) is 17.0 Å². The number of aryl methyl sites for hydroxylation is 2. The molecule has 0 saturated carbocycles. The van der Waals surface area contributed by atoms with E-state index >= 15 is 0 Å². The predicted octanol–water partition coefficient (Wildman–Crippen LogP) is 2.73. The highest BCUT2D eigenvalue weighted by atomic mass is 16.6. The highest BCUT2D eigenvalue weighted by molar-refractivity contribution is 6.35. The molecule has 2 heterocycles. The monoisotopic (exact) mass is 468 g/mol. The minimum absolute atomic E-state index is 0.330. The van der Waals surface area contributed by atoms with Crippen LogP contribution in [0.25, 0.3) is 11.6 Å². The normalized spacial score (nSPS) is 13.6. The minimum atomic E-state index is -1.19. The van der Waals surface area contributed by atoms with E-state index in [1.54, 1.807) is 18.2 Å². The van der Waals surface area contributed by atoms with Crippen molar-refractivity contribution in [3.8, 4) is 0 Å². The Morgan fingerprint density at radius 3 is 2.29 bits per heavy atom. The Morgan fingerprint density at radius 1 is 1.00 bits per heavy atom. The third-order valence-electron chi connectivity index (χ3n) is 5.10. The zero-order valence-corrected chi connectivity index (χ0v) is 18.8. The number of nitrogens with one attached hydrogen (secondary N) is 1. The molecule has 0 unspecified atom stereocenters. The second kappa shape index (κ2) is 10.6. The maximum Gasteiger partial charge on any atom is 0.314 e. The molecule has 0 bridgehead atoms. The molecule has 34 heavy (non-hydrogen) atoms. The highest BCUT2D eigenvalue weighted by Gasteiger charge is 2.33. The van der Waals surface area contributed by atoms with E-state index in [1.807, 2.05) is 32.0 Å². The first kappa shape index (κ1) is 24.4. The van der Waals surface area contributed by atoms with Gasteiger partial charge in [-0.25, -0.2) is 0 Å². The molecular formula is C24H24N2O8. The molecular weight excluding hydrogens is 444 g/mol. The van der Waals surface area contributed by atoms with Gasteiger partial charge in [0.25, 0.3) is 5.91 Å². The molecule has 0 atom stereocenters. The smallest absolute Gasteiger partial charge is 0.314 e. The number of benzene rings is 1. The number of carboxylic acid groups (broad SMARTS) is 1. The lowest BCUT2D eigenvalue weighted by Crippen LogP contribution is -2.30. The summed E-state index contributed by atoms with van der Waals surface area (Å²) in [5.74, 6) is -4.22. The van der Waals surface area contributed by atoms with E-state index in [2.05, 4.69) is 9.72 Å². The van der Waals surface area contributed by atoms with Crippen LogP contribution in [0.2, 0.25) is 0 Å². The Bertz CT molecular complexity index is 1180. The topological polar surface area (TPSA) is 143 Å². The van der Waals surface area contributed by atoms with Gasteiger partial charge in [0.1, 0.15) is 0 Å². The van der Waals surface area contributed by atoms with Gasteiger partial charge in [-0.3, -0.25) is 28.9 Å². The summed E-state index contributed by atoms with van der Waals surface area (Å²) in [6.45, 7) is 3.51. The number of amides is 1. The van der Waals surface area contributed by atoms with Crippen LogP contribution < -0.4 is 4.90 Å². The van der Waals surface area contributed by atoms with Gasteiger partial charge in [0.15, 0.2) is 6.73 Å². The number of carbonyl (C=O) groups excluding carboxylic acids is 4. The van der Waals surface area contributed by atoms with E-state index in [0.717, 1.165) is 17.0 Å². The van der Waals surface area contributed by atoms with E-state index in [-0.39, 0.29) is 19.1 Å². The molecule has 1 aliphatic rings. The number of fused-ring (bicyclic) bond motifs is 1. The average molecular weight is 468 g/mol. The quantitative estimate of drug-likeness (QED) is 0.325. The van der Waals surface area contributed by atoms with Crippen molar-refractivity contribution >= 4 is 47.1 Å². The first-order valence-electron chi connectivity index (χ1n) is 10.6. The van der Waals surface area contributed by atoms with E-state index in [4.69, 9.17) is 9.84 Å². The summed E-state index contributed by atoms with van der Waals surface area (Å²) in [6, 6.07) is 9.11. The molecule has 10 nitrogen and oxygen atoms in total. The summed E-state index contributed by atoms with van der Waals surface area (Å²) >= 11 is 0. The Hall–Kier alpha value is -4.21. The highest BCUT2D eigenvalue weighted by Crippen LogP contribution is 2.37. The number of para-hydroxylation sites is 1. The Kier molecular flexibility index (Phi) is 7.62. The Morgan fingerprint density at radius 2 is 1.65 bits per heavy atom. The number of rotatable bonds is 9. The first-order chi connectivity index (χ1) is 16.2. The number of aromatic amines is 1. The lowest BCUT2D eigenvalue weighted by atomic mass is 10.1. The van der Waals surface area contributed by atoms with Crippen LogP contribution in [0.3, 0.4) is 0 Å². The zero-order valence-electron chi connectivity index (χ0n) is 18.8. The number of H-pyrrole nitrogens is 1. The van der Waals surface area contributed by atoms with Crippen molar-refractivity contribution in [3.63, 3.8) is 0 Å². The molecule has 1 aromatic heterocycles. The van der Waals surface area contributed by atoms with Gasteiger partial charge in [-0.2, -0.15) is 0 Å². The van der Waals surface area contributed by atoms with E-state index in [1.165, 1.54) is 4.90 Å². The third kappa shape index (κ3) is 5.97. The number of ether oxygens (including phenoxy) is 2. The fraction of sp³-hybridized carbons (Fsp3) is 0.292. The summed E-state index contributed by atoms with van der Waals surface area (Å²) in [5.41, 5.74) is 4.53. The summed E-state index contributed by atoms with van der Waals surface area (Å²) < 4.78 is 9.63. The number of carbonyl (C=O) groups is 5. The van der Waals surface area contributed by atoms with Crippen LogP contribution in [0.15, 0.2) is 30.3 Å². The Labute approximate surface area is 195 Å². The minimum Gasteiger partial charge on any atom is -0.481 e. The fourth-order valence-corrected chi connectivity index (χ4v) is 3.47. The Balaban J connectivity index is 1.58. The van der Waals surface area contributed by atoms with Gasteiger partial charge in [-0.1, -0.05) is 18.2 Å². The molecule has 0 spiro atoms. The summed E-state index contributed by atoms with van der Waals surface area (Å²) in [5, 5.41) is 8.52. The molecule has 1 amide bonds. The number of anilines is 1. The number of aromatic nitrogens is 1. The number of hydrogen-bond donors (Lipinski definition) is 2. The number of esters is 3. The number of hydrogen-bond acceptors (Lipinski definition) is 7. The summed E-state index contributed by atoms with van der Waals surface area (Å²) in [7, 11) is 0. The van der Waals surface area contributed by atoms with Crippen molar-refractivity contribution in [2.75, 3.05) is 11.6 Å². The van der Waals surface area contributed by atoms with Crippen molar-refractivity contribution in [2.45, 2.75) is 39.5 Å². The molecule has 0 saturated heterocycles. The van der Waals surface area contributed by atoms with Crippen molar-refractivity contribution in [1.29, 1.82) is 0 Å². The summed E-state index contributed by atoms with van der Waals surface area (Å²) in [6.07, 6.45) is 0.0816. The van der Waals surface area contributed by atoms with Gasteiger partial charge in [0.2, 0.25) is 0 Å². The second-order valence-corrected chi connectivity index (χ2v) is 7.74. The molecule has 1 aromatic carbocycles. The van der Waals surface area contributed by atoms with Crippen LogP contribution >= 0.6 is 0 Å². The van der Waals surface area contributed by atoms with Gasteiger partial charge < -0.3 is 19.6 Å². The van der Waals surface area contributed by atoms with Crippen LogP contribution in [0, 0.1) is 13.8 Å². The molecule has 1 aliphatic heterocycles. The zero-order chi connectivity index (χ0) is 24.8. The number of aliphatic carboxylic acids is 1. The predicted molar refractivity (Wildman–Crippen MR) is 120 cm³/mol. The van der Waals surface area contributed by atoms with Crippen molar-refractivity contribution in [2.24, 2.45) is 0 Å². The van der Waals surface area contributed by atoms with Crippen molar-refractivity contribution in [1.82, 2.24) is 4.98 Å². The van der Waals surface area contributed by atoms with Gasteiger partial charge in [0.05, 0.1) is 36.9 Å². The van der Waals surface area contributed by atoms with E-state index in [9.17, 15) is 24.0 Å². The van der Waals surface area contributed by atoms with Gasteiger partial charge >= 0.3 is 23.9 Å². The standard InChI is InChI=1S/C24H24N2O8/c1-14-11-15(2)25-18(14)12-17-16-5-3-4-6-19(16)26(24(17)32)13-33-21(29)9-10-23(31)34-22(30)8-7-20(27)28/h3-6,11-12,25H,7-10,13H2,1-2H3,(H,27,28)/b17-12-. The molecule has 0 fully saturated rings. The van der Waals surface area contributed by atoms with E-state index < -0.39 is 43.1 Å². The maximum absolute atomic E-state index is 13.1. The third-order valence-corrected chi connectivity index (χ3v) is 5.10. The largest absolute Gasteiger partial charge is 0.481 e. The first-order valence-corrected chi connectivity index (χ1v) is 10.6. The molecule has 2 N–H and O–H groups in total. The molecule has 178 valence electrons. The van der Waals surface area contributed by atoms with Crippen LogP contribution in [-0.2, 0) is 33.4 Å². The van der Waals surface area contributed by atoms with Crippen LogP contribution in [-0.4, -0.2) is 46.6 Å². The van der Waals surface area contributed by atoms with Crippen molar-refractivity contribution < 1.29 is 38.6 Å². The average Bonchev–Trinajstić information content (AvgIpc) is 3.24. The number of nitrogens with zero attached hydrogens (tertiary/aromatic N) is 1. The summed E-state index contributed by atoms with van der Waals surface area (Å²) in [4.78, 5) is 63.2. The van der Waals surface area contributed by atoms with Crippen LogP contribution in [0.1, 0.15) is 48.2 Å². The second-order valence-electron chi connectivity index (χ2n) is 7.74. The molecule has 10 heteroatoms. The molecule has 0 radical (unpaired) electrons. The molecule has 0 aliphatic carbocycles. The lowest BCUT2D eigenvalue weighted by Gasteiger charge is -2.16. The molecule has 3 rings (SSSR count). The van der Waals surface area contributed by atoms with Crippen LogP contribution in [0.5, 0.6) is 0 Å². The van der Waals surface area contributed by atoms with Crippen molar-refractivity contribution in [3.05, 3.63) is 52.8 Å². The van der Waals surface area contributed by atoms with Gasteiger partial charge in [-0.15, -0.1) is 0 Å².